The van der Waals surface area contributed by atoms with Gasteiger partial charge < -0.3 is 4.90 Å². The predicted octanol–water partition coefficient (Wildman–Crippen LogP) is 1.93. The van der Waals surface area contributed by atoms with E-state index in [-0.39, 0.29) is 0 Å². The third-order valence-electron chi connectivity index (χ3n) is 5.97. The van der Waals surface area contributed by atoms with Gasteiger partial charge in [-0.05, 0) is 36.8 Å². The third-order valence-corrected chi connectivity index (χ3v) is 5.97. The SMILES string of the molecule is CC(c1ccc(C2CCCCC2)cc1)N1CCN(C(=O)C(=O)NN)CC1. The molecule has 1 aliphatic heterocycles. The third kappa shape index (κ3) is 4.24. The van der Waals surface area contributed by atoms with Crippen molar-refractivity contribution in [3.05, 3.63) is 35.4 Å². The first-order valence-corrected chi connectivity index (χ1v) is 9.74. The quantitative estimate of drug-likeness (QED) is 0.375. The standard InChI is InChI=1S/C20H30N4O2/c1-15(23-11-13-24(14-12-23)20(26)19(25)22-21)16-7-9-18(10-8-16)17-5-3-2-4-6-17/h7-10,15,17H,2-6,11-14,21H2,1H3,(H,22,25). The van der Waals surface area contributed by atoms with Gasteiger partial charge in [0.05, 0.1) is 0 Å². The Kier molecular flexibility index (Phi) is 6.27. The average Bonchev–Trinajstić information content (AvgIpc) is 2.73. The second-order valence-electron chi connectivity index (χ2n) is 7.48. The van der Waals surface area contributed by atoms with E-state index in [1.165, 1.54) is 43.2 Å². The molecule has 1 atom stereocenters. The summed E-state index contributed by atoms with van der Waals surface area (Å²) in [6.45, 7) is 4.83. The molecule has 3 rings (SSSR count). The number of piperazine rings is 1. The van der Waals surface area contributed by atoms with Crippen molar-refractivity contribution in [2.24, 2.45) is 5.84 Å². The fourth-order valence-electron chi connectivity index (χ4n) is 4.21. The Hall–Kier alpha value is -1.92. The maximum atomic E-state index is 11.9. The lowest BCUT2D eigenvalue weighted by atomic mass is 9.83. The summed E-state index contributed by atoms with van der Waals surface area (Å²) >= 11 is 0. The highest BCUT2D eigenvalue weighted by Crippen LogP contribution is 2.33. The van der Waals surface area contributed by atoms with Crippen LogP contribution in [0.1, 0.15) is 62.1 Å². The monoisotopic (exact) mass is 358 g/mol. The lowest BCUT2D eigenvalue weighted by Crippen LogP contribution is -2.53. The number of nitrogens with one attached hydrogen (secondary N) is 1. The van der Waals surface area contributed by atoms with Crippen LogP contribution < -0.4 is 11.3 Å². The first-order valence-electron chi connectivity index (χ1n) is 9.74. The molecule has 0 radical (unpaired) electrons. The first kappa shape index (κ1) is 18.9. The predicted molar refractivity (Wildman–Crippen MR) is 101 cm³/mol. The number of nitrogens with zero attached hydrogens (tertiary/aromatic N) is 2. The Balaban J connectivity index is 1.55. The fourth-order valence-corrected chi connectivity index (χ4v) is 4.21. The van der Waals surface area contributed by atoms with Crippen molar-refractivity contribution in [1.29, 1.82) is 0 Å². The van der Waals surface area contributed by atoms with Crippen molar-refractivity contribution in [3.63, 3.8) is 0 Å². The van der Waals surface area contributed by atoms with Crippen LogP contribution in [-0.4, -0.2) is 47.8 Å². The number of hydrazine groups is 1. The lowest BCUT2D eigenvalue weighted by Gasteiger charge is -2.38. The number of carbonyl (C=O) groups excluding carboxylic acids is 2. The van der Waals surface area contributed by atoms with Gasteiger partial charge in [0.25, 0.3) is 0 Å². The molecule has 1 unspecified atom stereocenters. The van der Waals surface area contributed by atoms with Crippen LogP contribution in [0.4, 0.5) is 0 Å². The van der Waals surface area contributed by atoms with Gasteiger partial charge in [0.15, 0.2) is 0 Å². The van der Waals surface area contributed by atoms with Crippen LogP contribution in [0.2, 0.25) is 0 Å². The first-order chi connectivity index (χ1) is 12.6. The minimum absolute atomic E-state index is 0.302. The minimum atomic E-state index is -0.746. The van der Waals surface area contributed by atoms with E-state index in [1.54, 1.807) is 4.90 Å². The van der Waals surface area contributed by atoms with Crippen LogP contribution in [0.5, 0.6) is 0 Å². The largest absolute Gasteiger partial charge is 0.332 e. The Labute approximate surface area is 155 Å². The van der Waals surface area contributed by atoms with Crippen LogP contribution in [0.3, 0.4) is 0 Å². The molecule has 0 aromatic heterocycles. The van der Waals surface area contributed by atoms with E-state index < -0.39 is 11.8 Å². The molecule has 1 saturated heterocycles. The summed E-state index contributed by atoms with van der Waals surface area (Å²) in [5, 5.41) is 0. The van der Waals surface area contributed by atoms with Crippen molar-refractivity contribution < 1.29 is 9.59 Å². The number of hydrogen-bond donors (Lipinski definition) is 2. The van der Waals surface area contributed by atoms with Crippen LogP contribution in [0, 0.1) is 0 Å². The van der Waals surface area contributed by atoms with E-state index in [0.29, 0.717) is 19.1 Å². The summed E-state index contributed by atoms with van der Waals surface area (Å²) in [4.78, 5) is 27.2. The van der Waals surface area contributed by atoms with E-state index in [1.807, 2.05) is 5.43 Å². The molecule has 1 aliphatic carbocycles. The molecule has 1 heterocycles. The van der Waals surface area contributed by atoms with Crippen LogP contribution >= 0.6 is 0 Å². The molecule has 26 heavy (non-hydrogen) atoms. The Morgan fingerprint density at radius 2 is 1.65 bits per heavy atom. The fraction of sp³-hybridized carbons (Fsp3) is 0.600. The molecule has 2 amide bonds. The number of nitrogens with two attached hydrogens (primary N) is 1. The average molecular weight is 358 g/mol. The van der Waals surface area contributed by atoms with Crippen LogP contribution in [0.15, 0.2) is 24.3 Å². The van der Waals surface area contributed by atoms with E-state index in [2.05, 4.69) is 36.1 Å². The summed E-state index contributed by atoms with van der Waals surface area (Å²) in [6.07, 6.45) is 6.73. The number of amides is 2. The van der Waals surface area contributed by atoms with Crippen LogP contribution in [0.25, 0.3) is 0 Å². The van der Waals surface area contributed by atoms with Gasteiger partial charge in [-0.2, -0.15) is 0 Å². The number of rotatable bonds is 3. The summed E-state index contributed by atoms with van der Waals surface area (Å²) in [7, 11) is 0. The Bertz CT molecular complexity index is 617. The van der Waals surface area contributed by atoms with E-state index >= 15 is 0 Å². The second kappa shape index (κ2) is 8.64. The van der Waals surface area contributed by atoms with Gasteiger partial charge in [0.2, 0.25) is 0 Å². The smallest absolute Gasteiger partial charge is 0.323 e. The lowest BCUT2D eigenvalue weighted by molar-refractivity contribution is -0.147. The molecule has 1 aromatic carbocycles. The van der Waals surface area contributed by atoms with Gasteiger partial charge in [-0.15, -0.1) is 0 Å². The highest BCUT2D eigenvalue weighted by atomic mass is 16.2. The molecule has 0 bridgehead atoms. The van der Waals surface area contributed by atoms with Crippen LogP contribution in [-0.2, 0) is 9.59 Å². The molecule has 3 N–H and O–H groups in total. The van der Waals surface area contributed by atoms with Crippen molar-refractivity contribution in [2.75, 3.05) is 26.2 Å². The zero-order chi connectivity index (χ0) is 18.5. The Morgan fingerprint density at radius 3 is 2.23 bits per heavy atom. The van der Waals surface area contributed by atoms with Crippen molar-refractivity contribution in [1.82, 2.24) is 15.2 Å². The van der Waals surface area contributed by atoms with Gasteiger partial charge in [0.1, 0.15) is 0 Å². The van der Waals surface area contributed by atoms with Gasteiger partial charge in [0, 0.05) is 32.2 Å². The van der Waals surface area contributed by atoms with Crippen molar-refractivity contribution in [3.8, 4) is 0 Å². The molecular formula is C20H30N4O2. The van der Waals surface area contributed by atoms with Crippen molar-refractivity contribution in [2.45, 2.75) is 51.0 Å². The summed E-state index contributed by atoms with van der Waals surface area (Å²) in [6, 6.07) is 9.42. The topological polar surface area (TPSA) is 78.7 Å². The second-order valence-corrected chi connectivity index (χ2v) is 7.48. The highest BCUT2D eigenvalue weighted by Gasteiger charge is 2.27. The maximum absolute atomic E-state index is 11.9. The molecule has 2 fully saturated rings. The molecule has 6 heteroatoms. The summed E-state index contributed by atoms with van der Waals surface area (Å²) < 4.78 is 0. The van der Waals surface area contributed by atoms with Gasteiger partial charge in [-0.3, -0.25) is 19.9 Å². The highest BCUT2D eigenvalue weighted by molar-refractivity contribution is 6.34. The normalized spacial score (nSPS) is 20.6. The molecule has 2 aliphatic rings. The van der Waals surface area contributed by atoms with E-state index in [0.717, 1.165) is 19.0 Å². The van der Waals surface area contributed by atoms with Gasteiger partial charge >= 0.3 is 11.8 Å². The molecular weight excluding hydrogens is 328 g/mol. The van der Waals surface area contributed by atoms with Gasteiger partial charge in [-0.1, -0.05) is 43.5 Å². The Morgan fingerprint density at radius 1 is 1.04 bits per heavy atom. The van der Waals surface area contributed by atoms with Crippen molar-refractivity contribution >= 4 is 11.8 Å². The summed E-state index contributed by atoms with van der Waals surface area (Å²) in [5.41, 5.74) is 4.70. The number of carbonyl (C=O) groups is 2. The van der Waals surface area contributed by atoms with E-state index in [9.17, 15) is 9.59 Å². The molecule has 1 saturated carbocycles. The molecule has 6 nitrogen and oxygen atoms in total. The van der Waals surface area contributed by atoms with Gasteiger partial charge in [-0.25, -0.2) is 5.84 Å². The van der Waals surface area contributed by atoms with E-state index in [4.69, 9.17) is 5.84 Å². The number of benzene rings is 1. The molecule has 0 spiro atoms. The molecule has 1 aromatic rings. The minimum Gasteiger partial charge on any atom is -0.332 e. The zero-order valence-electron chi connectivity index (χ0n) is 15.6. The zero-order valence-corrected chi connectivity index (χ0v) is 15.6. The number of hydrogen-bond acceptors (Lipinski definition) is 4. The summed E-state index contributed by atoms with van der Waals surface area (Å²) in [5.74, 6) is 4.48. The maximum Gasteiger partial charge on any atom is 0.323 e. The molecule has 142 valence electrons.